The number of thiophene rings is 1. The Morgan fingerprint density at radius 2 is 1.81 bits per heavy atom. The Hall–Kier alpha value is -2.46. The Kier molecular flexibility index (Phi) is 5.45. The number of nitrogens with zero attached hydrogens (tertiary/aromatic N) is 4. The van der Waals surface area contributed by atoms with Crippen molar-refractivity contribution in [2.45, 2.75) is 11.1 Å². The predicted molar refractivity (Wildman–Crippen MR) is 132 cm³/mol. The lowest BCUT2D eigenvalue weighted by molar-refractivity contribution is 0.312. The van der Waals surface area contributed by atoms with Crippen LogP contribution in [-0.2, 0) is 10.0 Å². The Labute approximate surface area is 195 Å². The summed E-state index contributed by atoms with van der Waals surface area (Å²) in [6.45, 7) is 5.44. The third-order valence-corrected chi connectivity index (χ3v) is 9.28. The van der Waals surface area contributed by atoms with E-state index in [1.54, 1.807) is 24.5 Å². The van der Waals surface area contributed by atoms with Crippen LogP contribution in [0.2, 0.25) is 5.02 Å². The molecule has 2 aromatic heterocycles. The highest BCUT2D eigenvalue weighted by Gasteiger charge is 2.23. The van der Waals surface area contributed by atoms with Crippen molar-refractivity contribution in [3.8, 4) is 0 Å². The Bertz CT molecular complexity index is 1430. The molecule has 5 rings (SSSR count). The Balaban J connectivity index is 1.51. The number of sulfonamides is 1. The molecule has 0 bridgehead atoms. The molecule has 0 radical (unpaired) electrons. The summed E-state index contributed by atoms with van der Waals surface area (Å²) >= 11 is 7.35. The van der Waals surface area contributed by atoms with Gasteiger partial charge in [-0.3, -0.25) is 4.72 Å². The van der Waals surface area contributed by atoms with Crippen LogP contribution in [0.15, 0.2) is 46.9 Å². The number of anilines is 2. The van der Waals surface area contributed by atoms with Crippen LogP contribution in [0.4, 0.5) is 11.5 Å². The van der Waals surface area contributed by atoms with E-state index in [9.17, 15) is 8.42 Å². The summed E-state index contributed by atoms with van der Waals surface area (Å²) < 4.78 is 30.4. The fraction of sp³-hybridized carbons (Fsp3) is 0.273. The van der Waals surface area contributed by atoms with Gasteiger partial charge in [-0.25, -0.2) is 18.4 Å². The fourth-order valence-corrected chi connectivity index (χ4v) is 6.97. The maximum absolute atomic E-state index is 13.3. The first kappa shape index (κ1) is 21.4. The molecule has 4 aromatic rings. The molecule has 32 heavy (non-hydrogen) atoms. The molecule has 1 saturated heterocycles. The molecule has 7 nitrogen and oxygen atoms in total. The van der Waals surface area contributed by atoms with Crippen molar-refractivity contribution in [2.75, 3.05) is 42.8 Å². The van der Waals surface area contributed by atoms with Crippen molar-refractivity contribution in [3.63, 3.8) is 0 Å². The van der Waals surface area contributed by atoms with E-state index in [0.29, 0.717) is 20.5 Å². The summed E-state index contributed by atoms with van der Waals surface area (Å²) in [6.07, 6.45) is 1.56. The number of benzene rings is 2. The lowest BCUT2D eigenvalue weighted by atomic mass is 10.2. The molecule has 1 aliphatic rings. The topological polar surface area (TPSA) is 78.4 Å². The van der Waals surface area contributed by atoms with Crippen LogP contribution in [0.1, 0.15) is 5.56 Å². The molecule has 3 heterocycles. The summed E-state index contributed by atoms with van der Waals surface area (Å²) in [5.74, 6) is 0.830. The van der Waals surface area contributed by atoms with Crippen LogP contribution in [0.3, 0.4) is 0 Å². The minimum Gasteiger partial charge on any atom is -0.353 e. The molecule has 0 amide bonds. The SMILES string of the molecule is Cc1c(S(=O)(=O)Nc2ccc3ncnc(N4CCN(C)CC4)c3c2)sc2ccc(Cl)cc12. The molecule has 1 fully saturated rings. The molecule has 1 N–H and O–H groups in total. The van der Waals surface area contributed by atoms with Gasteiger partial charge in [0.2, 0.25) is 0 Å². The first-order chi connectivity index (χ1) is 15.3. The van der Waals surface area contributed by atoms with E-state index >= 15 is 0 Å². The van der Waals surface area contributed by atoms with E-state index in [1.807, 2.05) is 25.1 Å². The first-order valence-electron chi connectivity index (χ1n) is 10.2. The third-order valence-electron chi connectivity index (χ3n) is 5.77. The van der Waals surface area contributed by atoms with Crippen LogP contribution in [0.25, 0.3) is 21.0 Å². The highest BCUT2D eigenvalue weighted by Crippen LogP contribution is 2.36. The maximum atomic E-state index is 13.3. The molecule has 2 aromatic carbocycles. The van der Waals surface area contributed by atoms with E-state index < -0.39 is 10.0 Å². The van der Waals surface area contributed by atoms with Crippen LogP contribution in [0, 0.1) is 6.92 Å². The van der Waals surface area contributed by atoms with Crippen LogP contribution >= 0.6 is 22.9 Å². The van der Waals surface area contributed by atoms with E-state index in [2.05, 4.69) is 31.5 Å². The number of rotatable bonds is 4. The molecule has 0 atom stereocenters. The van der Waals surface area contributed by atoms with Crippen molar-refractivity contribution < 1.29 is 8.42 Å². The second-order valence-corrected chi connectivity index (χ2v) is 11.3. The minimum absolute atomic E-state index is 0.290. The molecule has 0 saturated carbocycles. The zero-order valence-electron chi connectivity index (χ0n) is 17.7. The monoisotopic (exact) mass is 487 g/mol. The molecule has 0 unspecified atom stereocenters. The molecule has 0 aliphatic carbocycles. The smallest absolute Gasteiger partial charge is 0.271 e. The van der Waals surface area contributed by atoms with Crippen molar-refractivity contribution in [1.82, 2.24) is 14.9 Å². The summed E-state index contributed by atoms with van der Waals surface area (Å²) in [6, 6.07) is 10.8. The van der Waals surface area contributed by atoms with Gasteiger partial charge >= 0.3 is 0 Å². The van der Waals surface area contributed by atoms with Crippen molar-refractivity contribution in [2.24, 2.45) is 0 Å². The number of piperazine rings is 1. The predicted octanol–water partition coefficient (Wildman–Crippen LogP) is 4.36. The fourth-order valence-electron chi connectivity index (χ4n) is 4.01. The van der Waals surface area contributed by atoms with E-state index in [0.717, 1.165) is 53.0 Å². The van der Waals surface area contributed by atoms with Gasteiger partial charge in [-0.1, -0.05) is 11.6 Å². The highest BCUT2D eigenvalue weighted by atomic mass is 35.5. The standard InChI is InChI=1S/C22H22ClN5O2S2/c1-14-17-11-15(23)3-6-20(17)31-22(14)32(29,30)26-16-4-5-19-18(12-16)21(25-13-24-19)28-9-7-27(2)8-10-28/h3-6,11-13,26H,7-10H2,1-2H3. The summed E-state index contributed by atoms with van der Waals surface area (Å²) in [7, 11) is -1.66. The molecular weight excluding hydrogens is 466 g/mol. The first-order valence-corrected chi connectivity index (χ1v) is 12.9. The number of likely N-dealkylation sites (N-methyl/N-ethyl adjacent to an activating group) is 1. The molecular formula is C22H22ClN5O2S2. The molecule has 10 heteroatoms. The zero-order chi connectivity index (χ0) is 22.5. The van der Waals surface area contributed by atoms with E-state index in [4.69, 9.17) is 11.6 Å². The number of hydrogen-bond donors (Lipinski definition) is 1. The summed E-state index contributed by atoms with van der Waals surface area (Å²) in [4.78, 5) is 13.4. The average Bonchev–Trinajstić information content (AvgIpc) is 3.10. The highest BCUT2D eigenvalue weighted by molar-refractivity contribution is 7.94. The number of nitrogens with one attached hydrogen (secondary N) is 1. The van der Waals surface area contributed by atoms with Gasteiger partial charge in [-0.05, 0) is 61.3 Å². The summed E-state index contributed by atoms with van der Waals surface area (Å²) in [5.41, 5.74) is 1.96. The van der Waals surface area contributed by atoms with E-state index in [1.165, 1.54) is 11.3 Å². The van der Waals surface area contributed by atoms with Crippen LogP contribution in [-0.4, -0.2) is 56.5 Å². The van der Waals surface area contributed by atoms with Gasteiger partial charge in [0.25, 0.3) is 10.0 Å². The maximum Gasteiger partial charge on any atom is 0.271 e. The van der Waals surface area contributed by atoms with Gasteiger partial charge in [-0.2, -0.15) is 0 Å². The molecule has 0 spiro atoms. The van der Waals surface area contributed by atoms with Crippen LogP contribution in [0.5, 0.6) is 0 Å². The van der Waals surface area contributed by atoms with Crippen molar-refractivity contribution in [1.29, 1.82) is 0 Å². The number of aryl methyl sites for hydroxylation is 1. The van der Waals surface area contributed by atoms with Gasteiger partial charge < -0.3 is 9.80 Å². The quantitative estimate of drug-likeness (QED) is 0.461. The minimum atomic E-state index is -3.77. The lowest BCUT2D eigenvalue weighted by Gasteiger charge is -2.33. The summed E-state index contributed by atoms with van der Waals surface area (Å²) in [5, 5.41) is 2.27. The van der Waals surface area contributed by atoms with Crippen molar-refractivity contribution in [3.05, 3.63) is 53.3 Å². The van der Waals surface area contributed by atoms with Crippen LogP contribution < -0.4 is 9.62 Å². The average molecular weight is 488 g/mol. The normalized spacial score (nSPS) is 15.5. The number of fused-ring (bicyclic) bond motifs is 2. The lowest BCUT2D eigenvalue weighted by Crippen LogP contribution is -2.44. The third kappa shape index (κ3) is 3.90. The van der Waals surface area contributed by atoms with Gasteiger partial charge in [0.1, 0.15) is 16.4 Å². The Morgan fingerprint density at radius 1 is 1.03 bits per heavy atom. The largest absolute Gasteiger partial charge is 0.353 e. The number of halogens is 1. The molecule has 166 valence electrons. The zero-order valence-corrected chi connectivity index (χ0v) is 20.1. The van der Waals surface area contributed by atoms with Gasteiger partial charge in [0.05, 0.1) is 5.52 Å². The Morgan fingerprint density at radius 3 is 2.59 bits per heavy atom. The van der Waals surface area contributed by atoms with Gasteiger partial charge in [0.15, 0.2) is 0 Å². The molecule has 1 aliphatic heterocycles. The van der Waals surface area contributed by atoms with Gasteiger partial charge in [-0.15, -0.1) is 11.3 Å². The second kappa shape index (κ2) is 8.15. The number of hydrogen-bond acceptors (Lipinski definition) is 7. The van der Waals surface area contributed by atoms with Gasteiger partial charge in [0, 0.05) is 47.0 Å². The second-order valence-electron chi connectivity index (χ2n) is 7.98. The number of aromatic nitrogens is 2. The van der Waals surface area contributed by atoms with E-state index in [-0.39, 0.29) is 0 Å². The van der Waals surface area contributed by atoms with Crippen molar-refractivity contribution >= 4 is 65.5 Å².